The van der Waals surface area contributed by atoms with Gasteiger partial charge in [-0.25, -0.2) is 0 Å². The molecule has 1 atom stereocenters. The van der Waals surface area contributed by atoms with Crippen molar-refractivity contribution in [1.82, 2.24) is 0 Å². The highest BCUT2D eigenvalue weighted by molar-refractivity contribution is 5.77. The SMILES string of the molecule is COc1ccccc1C(Cc1ccc(OC)c([N+](=O)[O-])c1)C(=O)O. The molecular weight excluding hydrogens is 314 g/mol. The summed E-state index contributed by atoms with van der Waals surface area (Å²) in [6.07, 6.45) is 0.0978. The molecule has 0 aliphatic rings. The van der Waals surface area contributed by atoms with Crippen LogP contribution in [-0.2, 0) is 11.2 Å². The molecular formula is C17H17NO6. The molecule has 2 aromatic carbocycles. The monoisotopic (exact) mass is 331 g/mol. The van der Waals surface area contributed by atoms with Gasteiger partial charge in [-0.3, -0.25) is 14.9 Å². The first-order chi connectivity index (χ1) is 11.5. The zero-order valence-corrected chi connectivity index (χ0v) is 13.3. The number of methoxy groups -OCH3 is 2. The van der Waals surface area contributed by atoms with Crippen LogP contribution >= 0.6 is 0 Å². The molecule has 0 aliphatic carbocycles. The smallest absolute Gasteiger partial charge is 0.311 e. The van der Waals surface area contributed by atoms with Gasteiger partial charge in [-0.1, -0.05) is 24.3 Å². The molecule has 24 heavy (non-hydrogen) atoms. The van der Waals surface area contributed by atoms with Gasteiger partial charge in [0.15, 0.2) is 5.75 Å². The third kappa shape index (κ3) is 3.62. The third-order valence-electron chi connectivity index (χ3n) is 3.69. The van der Waals surface area contributed by atoms with E-state index in [1.165, 1.54) is 26.4 Å². The highest BCUT2D eigenvalue weighted by Crippen LogP contribution is 2.33. The summed E-state index contributed by atoms with van der Waals surface area (Å²) in [5.74, 6) is -1.31. The van der Waals surface area contributed by atoms with Crippen LogP contribution in [0.2, 0.25) is 0 Å². The second-order valence-electron chi connectivity index (χ2n) is 5.10. The van der Waals surface area contributed by atoms with Crippen LogP contribution < -0.4 is 9.47 Å². The number of nitro benzene ring substituents is 1. The van der Waals surface area contributed by atoms with Crippen LogP contribution in [0.15, 0.2) is 42.5 Å². The molecule has 2 aromatic rings. The van der Waals surface area contributed by atoms with Gasteiger partial charge in [-0.05, 0) is 24.1 Å². The summed E-state index contributed by atoms with van der Waals surface area (Å²) in [5, 5.41) is 20.7. The van der Waals surface area contributed by atoms with Crippen LogP contribution in [0.4, 0.5) is 5.69 Å². The number of hydrogen-bond donors (Lipinski definition) is 1. The molecule has 0 saturated heterocycles. The Morgan fingerprint density at radius 1 is 1.17 bits per heavy atom. The first kappa shape index (κ1) is 17.3. The normalized spacial score (nSPS) is 11.6. The van der Waals surface area contributed by atoms with Gasteiger partial charge in [0.05, 0.1) is 25.1 Å². The Bertz CT molecular complexity index is 758. The van der Waals surface area contributed by atoms with Gasteiger partial charge in [-0.15, -0.1) is 0 Å². The average Bonchev–Trinajstić information content (AvgIpc) is 2.59. The van der Waals surface area contributed by atoms with Crippen molar-refractivity contribution >= 4 is 11.7 Å². The summed E-state index contributed by atoms with van der Waals surface area (Å²) in [6, 6.07) is 11.3. The van der Waals surface area contributed by atoms with Crippen molar-refractivity contribution in [3.05, 3.63) is 63.7 Å². The van der Waals surface area contributed by atoms with Gasteiger partial charge in [0.25, 0.3) is 0 Å². The number of carboxylic acids is 1. The number of aliphatic carboxylic acids is 1. The molecule has 0 radical (unpaired) electrons. The zero-order valence-electron chi connectivity index (χ0n) is 13.3. The molecule has 0 spiro atoms. The van der Waals surface area contributed by atoms with Gasteiger partial charge < -0.3 is 14.6 Å². The van der Waals surface area contributed by atoms with Gasteiger partial charge >= 0.3 is 11.7 Å². The standard InChI is InChI=1S/C17H17NO6/c1-23-15-6-4-3-5-12(15)13(17(19)20)9-11-7-8-16(24-2)14(10-11)18(21)22/h3-8,10,13H,9H2,1-2H3,(H,19,20). The maximum Gasteiger partial charge on any atom is 0.311 e. The van der Waals surface area contributed by atoms with Crippen LogP contribution in [0.1, 0.15) is 17.0 Å². The molecule has 0 aliphatic heterocycles. The number of benzene rings is 2. The van der Waals surface area contributed by atoms with E-state index < -0.39 is 16.8 Å². The summed E-state index contributed by atoms with van der Waals surface area (Å²) in [4.78, 5) is 22.3. The Morgan fingerprint density at radius 2 is 1.83 bits per heavy atom. The first-order valence-corrected chi connectivity index (χ1v) is 7.15. The van der Waals surface area contributed by atoms with E-state index in [1.54, 1.807) is 30.3 Å². The topological polar surface area (TPSA) is 98.9 Å². The van der Waals surface area contributed by atoms with Gasteiger partial charge in [0.2, 0.25) is 0 Å². The van der Waals surface area contributed by atoms with Crippen LogP contribution in [-0.4, -0.2) is 30.2 Å². The average molecular weight is 331 g/mol. The highest BCUT2D eigenvalue weighted by atomic mass is 16.6. The fourth-order valence-electron chi connectivity index (χ4n) is 2.53. The molecule has 7 heteroatoms. The minimum absolute atomic E-state index is 0.0978. The van der Waals surface area contributed by atoms with Crippen molar-refractivity contribution < 1.29 is 24.3 Å². The zero-order chi connectivity index (χ0) is 17.7. The van der Waals surface area contributed by atoms with Crippen molar-refractivity contribution in [2.75, 3.05) is 14.2 Å². The predicted molar refractivity (Wildman–Crippen MR) is 86.7 cm³/mol. The molecule has 1 N–H and O–H groups in total. The Hall–Kier alpha value is -3.09. The lowest BCUT2D eigenvalue weighted by Gasteiger charge is -2.16. The van der Waals surface area contributed by atoms with Crippen LogP contribution in [0.3, 0.4) is 0 Å². The van der Waals surface area contributed by atoms with Crippen molar-refractivity contribution in [2.24, 2.45) is 0 Å². The van der Waals surface area contributed by atoms with Gasteiger partial charge in [-0.2, -0.15) is 0 Å². The van der Waals surface area contributed by atoms with Gasteiger partial charge in [0, 0.05) is 11.6 Å². The number of carboxylic acid groups (broad SMARTS) is 1. The van der Waals surface area contributed by atoms with E-state index in [2.05, 4.69) is 0 Å². The van der Waals surface area contributed by atoms with Crippen LogP contribution in [0, 0.1) is 10.1 Å². The van der Waals surface area contributed by atoms with Crippen molar-refractivity contribution in [3.63, 3.8) is 0 Å². The minimum Gasteiger partial charge on any atom is -0.496 e. The summed E-state index contributed by atoms with van der Waals surface area (Å²) >= 11 is 0. The lowest BCUT2D eigenvalue weighted by Crippen LogP contribution is -2.15. The van der Waals surface area contributed by atoms with E-state index in [0.29, 0.717) is 16.9 Å². The van der Waals surface area contributed by atoms with E-state index in [4.69, 9.17) is 9.47 Å². The number of para-hydroxylation sites is 1. The quantitative estimate of drug-likeness (QED) is 0.618. The maximum absolute atomic E-state index is 11.7. The second-order valence-corrected chi connectivity index (χ2v) is 5.10. The Balaban J connectivity index is 2.40. The predicted octanol–water partition coefficient (Wildman–Crippen LogP) is 3.02. The first-order valence-electron chi connectivity index (χ1n) is 7.15. The second kappa shape index (κ2) is 7.45. The number of hydrogen-bond acceptors (Lipinski definition) is 5. The fraction of sp³-hybridized carbons (Fsp3) is 0.235. The highest BCUT2D eigenvalue weighted by Gasteiger charge is 2.25. The van der Waals surface area contributed by atoms with Crippen LogP contribution in [0.5, 0.6) is 11.5 Å². The fourth-order valence-corrected chi connectivity index (χ4v) is 2.53. The van der Waals surface area contributed by atoms with Crippen molar-refractivity contribution in [3.8, 4) is 11.5 Å². The van der Waals surface area contributed by atoms with Crippen molar-refractivity contribution in [1.29, 1.82) is 0 Å². The molecule has 7 nitrogen and oxygen atoms in total. The number of ether oxygens (including phenoxy) is 2. The van der Waals surface area contributed by atoms with Gasteiger partial charge in [0.1, 0.15) is 5.75 Å². The molecule has 0 amide bonds. The summed E-state index contributed by atoms with van der Waals surface area (Å²) in [7, 11) is 2.81. The lowest BCUT2D eigenvalue weighted by atomic mass is 9.91. The molecule has 1 unspecified atom stereocenters. The largest absolute Gasteiger partial charge is 0.496 e. The summed E-state index contributed by atoms with van der Waals surface area (Å²) in [5.41, 5.74) is 0.853. The van der Waals surface area contributed by atoms with Crippen LogP contribution in [0.25, 0.3) is 0 Å². The molecule has 0 saturated carbocycles. The molecule has 0 fully saturated rings. The lowest BCUT2D eigenvalue weighted by molar-refractivity contribution is -0.385. The van der Waals surface area contributed by atoms with E-state index in [1.807, 2.05) is 0 Å². The van der Waals surface area contributed by atoms with E-state index >= 15 is 0 Å². The Labute approximate surface area is 138 Å². The Kier molecular flexibility index (Phi) is 5.36. The van der Waals surface area contributed by atoms with E-state index in [-0.39, 0.29) is 17.9 Å². The molecule has 0 aromatic heterocycles. The number of nitro groups is 1. The number of nitrogens with zero attached hydrogens (tertiary/aromatic N) is 1. The molecule has 0 bridgehead atoms. The number of carbonyl (C=O) groups is 1. The number of rotatable bonds is 7. The Morgan fingerprint density at radius 3 is 2.42 bits per heavy atom. The maximum atomic E-state index is 11.7. The van der Waals surface area contributed by atoms with E-state index in [0.717, 1.165) is 0 Å². The summed E-state index contributed by atoms with van der Waals surface area (Å²) < 4.78 is 10.2. The molecule has 126 valence electrons. The molecule has 0 heterocycles. The van der Waals surface area contributed by atoms with Crippen molar-refractivity contribution in [2.45, 2.75) is 12.3 Å². The minimum atomic E-state index is -1.03. The van der Waals surface area contributed by atoms with E-state index in [9.17, 15) is 20.0 Å². The molecule has 2 rings (SSSR count). The third-order valence-corrected chi connectivity index (χ3v) is 3.69. The summed E-state index contributed by atoms with van der Waals surface area (Å²) in [6.45, 7) is 0.